The van der Waals surface area contributed by atoms with Crippen LogP contribution in [0.4, 0.5) is 0 Å². The summed E-state index contributed by atoms with van der Waals surface area (Å²) < 4.78 is 5.48. The van der Waals surface area contributed by atoms with Crippen LogP contribution >= 0.6 is 0 Å². The SMILES string of the molecule is CCCCCCCC/C=C\CCCCCCCC(=O)OCCCCCCCCCCCCCC/C=C\CCCCCCCCCCCCC(=O)NC(CO)C(O)CCCCCCCCCCCCC. The third-order valence-electron chi connectivity index (χ3n) is 14.5. The first kappa shape index (κ1) is 67.3. The van der Waals surface area contributed by atoms with Crippen LogP contribution in [-0.2, 0) is 14.3 Å². The summed E-state index contributed by atoms with van der Waals surface area (Å²) in [6, 6.07) is -0.541. The van der Waals surface area contributed by atoms with Crippen molar-refractivity contribution >= 4 is 11.9 Å². The molecule has 0 aliphatic carbocycles. The van der Waals surface area contributed by atoms with Crippen LogP contribution in [0.15, 0.2) is 24.3 Å². The topological polar surface area (TPSA) is 95.9 Å². The standard InChI is InChI=1S/C63H121NO5/c1-3-5-7-9-11-13-15-16-29-33-37-41-45-49-53-57-63(68)69-58-54-50-46-42-38-34-31-28-26-24-22-20-18-17-19-21-23-25-27-30-32-36-40-44-48-52-56-62(67)64-60(59-65)61(66)55-51-47-43-39-35-14-12-10-8-6-4-2/h16-17,19,29,60-61,65-66H,3-15,18,20-28,30-59H2,1-2H3,(H,64,67)/b19-17-,29-16-. The van der Waals surface area contributed by atoms with Gasteiger partial charge in [-0.3, -0.25) is 9.59 Å². The third-order valence-corrected chi connectivity index (χ3v) is 14.5. The van der Waals surface area contributed by atoms with Gasteiger partial charge in [0.25, 0.3) is 0 Å². The number of aliphatic hydroxyl groups is 2. The van der Waals surface area contributed by atoms with Crippen molar-refractivity contribution in [3.8, 4) is 0 Å². The van der Waals surface area contributed by atoms with Crippen LogP contribution in [-0.4, -0.2) is 47.4 Å². The van der Waals surface area contributed by atoms with Crippen LogP contribution in [0.1, 0.15) is 341 Å². The molecule has 2 unspecified atom stereocenters. The fourth-order valence-electron chi connectivity index (χ4n) is 9.69. The van der Waals surface area contributed by atoms with E-state index in [1.165, 1.54) is 263 Å². The van der Waals surface area contributed by atoms with Gasteiger partial charge >= 0.3 is 5.97 Å². The van der Waals surface area contributed by atoms with E-state index in [2.05, 4.69) is 43.5 Å². The minimum absolute atomic E-state index is 0.00659. The molecule has 6 nitrogen and oxygen atoms in total. The Morgan fingerprint density at radius 2 is 0.681 bits per heavy atom. The summed E-state index contributed by atoms with van der Waals surface area (Å²) in [7, 11) is 0. The van der Waals surface area contributed by atoms with Crippen molar-refractivity contribution in [1.82, 2.24) is 5.32 Å². The van der Waals surface area contributed by atoms with E-state index in [0.29, 0.717) is 25.9 Å². The zero-order valence-electron chi connectivity index (χ0n) is 46.6. The maximum absolute atomic E-state index is 12.4. The van der Waals surface area contributed by atoms with Crippen LogP contribution < -0.4 is 5.32 Å². The number of amides is 1. The Balaban J connectivity index is 3.37. The van der Waals surface area contributed by atoms with Crippen LogP contribution in [0.2, 0.25) is 0 Å². The van der Waals surface area contributed by atoms with E-state index in [0.717, 1.165) is 44.9 Å². The first-order valence-corrected chi connectivity index (χ1v) is 31.1. The van der Waals surface area contributed by atoms with Gasteiger partial charge in [-0.2, -0.15) is 0 Å². The predicted molar refractivity (Wildman–Crippen MR) is 301 cm³/mol. The molecule has 0 saturated carbocycles. The van der Waals surface area contributed by atoms with E-state index in [1.54, 1.807) is 0 Å². The van der Waals surface area contributed by atoms with Crippen molar-refractivity contribution < 1.29 is 24.5 Å². The Morgan fingerprint density at radius 3 is 1.03 bits per heavy atom. The van der Waals surface area contributed by atoms with Crippen LogP contribution in [0, 0.1) is 0 Å². The first-order valence-electron chi connectivity index (χ1n) is 31.1. The molecule has 2 atom stereocenters. The van der Waals surface area contributed by atoms with E-state index >= 15 is 0 Å². The molecule has 0 aromatic carbocycles. The number of rotatable bonds is 58. The number of esters is 1. The van der Waals surface area contributed by atoms with Gasteiger partial charge in [-0.15, -0.1) is 0 Å². The molecule has 0 aromatic heterocycles. The van der Waals surface area contributed by atoms with E-state index in [1.807, 2.05) is 0 Å². The second-order valence-corrected chi connectivity index (χ2v) is 21.4. The molecule has 0 rings (SSSR count). The van der Waals surface area contributed by atoms with Gasteiger partial charge in [0.1, 0.15) is 0 Å². The van der Waals surface area contributed by atoms with E-state index in [9.17, 15) is 19.8 Å². The molecule has 0 radical (unpaired) electrons. The number of unbranched alkanes of at least 4 members (excludes halogenated alkanes) is 43. The zero-order valence-corrected chi connectivity index (χ0v) is 46.6. The lowest BCUT2D eigenvalue weighted by atomic mass is 10.0. The highest BCUT2D eigenvalue weighted by atomic mass is 16.5. The van der Waals surface area contributed by atoms with Crippen molar-refractivity contribution in [2.24, 2.45) is 0 Å². The second-order valence-electron chi connectivity index (χ2n) is 21.4. The van der Waals surface area contributed by atoms with Crippen molar-refractivity contribution in [3.63, 3.8) is 0 Å². The number of aliphatic hydroxyl groups excluding tert-OH is 2. The average molecular weight is 973 g/mol. The van der Waals surface area contributed by atoms with Gasteiger partial charge in [0, 0.05) is 12.8 Å². The molecule has 0 saturated heterocycles. The van der Waals surface area contributed by atoms with Gasteiger partial charge in [0.05, 0.1) is 25.4 Å². The lowest BCUT2D eigenvalue weighted by molar-refractivity contribution is -0.143. The molecule has 0 fully saturated rings. The quantitative estimate of drug-likeness (QED) is 0.0321. The molecule has 6 heteroatoms. The molecular weight excluding hydrogens is 851 g/mol. The molecule has 3 N–H and O–H groups in total. The minimum Gasteiger partial charge on any atom is -0.466 e. The predicted octanol–water partition coefficient (Wildman–Crippen LogP) is 19.4. The van der Waals surface area contributed by atoms with Crippen molar-refractivity contribution in [1.29, 1.82) is 0 Å². The molecule has 0 aromatic rings. The smallest absolute Gasteiger partial charge is 0.305 e. The lowest BCUT2D eigenvalue weighted by Crippen LogP contribution is -2.45. The third kappa shape index (κ3) is 55.5. The van der Waals surface area contributed by atoms with Gasteiger partial charge in [-0.1, -0.05) is 276 Å². The van der Waals surface area contributed by atoms with Gasteiger partial charge in [0.2, 0.25) is 5.91 Å². The molecule has 0 bridgehead atoms. The van der Waals surface area contributed by atoms with Crippen LogP contribution in [0.25, 0.3) is 0 Å². The summed E-state index contributed by atoms with van der Waals surface area (Å²) in [6.07, 6.45) is 72.0. The van der Waals surface area contributed by atoms with Gasteiger partial charge in [-0.25, -0.2) is 0 Å². The maximum Gasteiger partial charge on any atom is 0.305 e. The maximum atomic E-state index is 12.4. The number of hydrogen-bond donors (Lipinski definition) is 3. The molecule has 0 spiro atoms. The zero-order chi connectivity index (χ0) is 50.0. The molecule has 408 valence electrons. The summed E-state index contributed by atoms with van der Waals surface area (Å²) in [6.45, 7) is 4.95. The number of hydrogen-bond acceptors (Lipinski definition) is 5. The molecular formula is C63H121NO5. The Bertz CT molecular complexity index is 1080. The Hall–Kier alpha value is -1.66. The van der Waals surface area contributed by atoms with Gasteiger partial charge < -0.3 is 20.3 Å². The largest absolute Gasteiger partial charge is 0.466 e. The lowest BCUT2D eigenvalue weighted by Gasteiger charge is -2.22. The van der Waals surface area contributed by atoms with Crippen LogP contribution in [0.5, 0.6) is 0 Å². The van der Waals surface area contributed by atoms with Crippen molar-refractivity contribution in [2.45, 2.75) is 353 Å². The number of carbonyl (C=O) groups excluding carboxylic acids is 2. The molecule has 69 heavy (non-hydrogen) atoms. The fraction of sp³-hybridized carbons (Fsp3) is 0.905. The Labute approximate surface area is 431 Å². The van der Waals surface area contributed by atoms with E-state index in [4.69, 9.17) is 4.74 Å². The van der Waals surface area contributed by atoms with Gasteiger partial charge in [0.15, 0.2) is 0 Å². The summed E-state index contributed by atoms with van der Waals surface area (Å²) in [4.78, 5) is 24.5. The molecule has 1 amide bonds. The highest BCUT2D eigenvalue weighted by Gasteiger charge is 2.20. The monoisotopic (exact) mass is 972 g/mol. The molecule has 0 heterocycles. The summed E-state index contributed by atoms with van der Waals surface area (Å²) in [5.74, 6) is -0.0303. The Morgan fingerprint density at radius 1 is 0.391 bits per heavy atom. The fourth-order valence-corrected chi connectivity index (χ4v) is 9.69. The van der Waals surface area contributed by atoms with Crippen molar-refractivity contribution in [3.05, 3.63) is 24.3 Å². The summed E-state index contributed by atoms with van der Waals surface area (Å²) >= 11 is 0. The average Bonchev–Trinajstić information content (AvgIpc) is 3.35. The van der Waals surface area contributed by atoms with Crippen LogP contribution in [0.3, 0.4) is 0 Å². The van der Waals surface area contributed by atoms with E-state index < -0.39 is 12.1 Å². The number of allylic oxidation sites excluding steroid dienone is 4. The first-order chi connectivity index (χ1) is 34.0. The second kappa shape index (κ2) is 58.9. The number of nitrogens with one attached hydrogen (secondary N) is 1. The summed E-state index contributed by atoms with van der Waals surface area (Å²) in [5, 5.41) is 23.2. The van der Waals surface area contributed by atoms with E-state index in [-0.39, 0.29) is 18.5 Å². The minimum atomic E-state index is -0.663. The highest BCUT2D eigenvalue weighted by molar-refractivity contribution is 5.76. The van der Waals surface area contributed by atoms with Crippen molar-refractivity contribution in [2.75, 3.05) is 13.2 Å². The number of carbonyl (C=O) groups is 2. The Kier molecular flexibility index (Phi) is 57.5. The normalized spacial score (nSPS) is 12.7. The summed E-state index contributed by atoms with van der Waals surface area (Å²) in [5.41, 5.74) is 0. The highest BCUT2D eigenvalue weighted by Crippen LogP contribution is 2.17. The molecule has 0 aliphatic heterocycles. The van der Waals surface area contributed by atoms with Gasteiger partial charge in [-0.05, 0) is 77.0 Å². The number of ether oxygens (including phenoxy) is 1. The molecule has 0 aliphatic rings.